The summed E-state index contributed by atoms with van der Waals surface area (Å²) >= 11 is 0. The average molecular weight is 231 g/mol. The third kappa shape index (κ3) is 1.97. The van der Waals surface area contributed by atoms with E-state index in [1.807, 2.05) is 12.1 Å². The summed E-state index contributed by atoms with van der Waals surface area (Å²) in [7, 11) is 0. The summed E-state index contributed by atoms with van der Waals surface area (Å²) in [5.74, 6) is 0.516. The van der Waals surface area contributed by atoms with Crippen molar-refractivity contribution >= 4 is 12.0 Å². The van der Waals surface area contributed by atoms with Gasteiger partial charge in [0, 0.05) is 23.3 Å². The van der Waals surface area contributed by atoms with Crippen molar-refractivity contribution in [1.29, 1.82) is 0 Å². The Bertz CT molecular complexity index is 437. The molecule has 0 fully saturated rings. The Hall–Kier alpha value is -1.31. The number of nitrogens with zero attached hydrogens (tertiary/aromatic N) is 1. The molecular weight excluding hydrogens is 210 g/mol. The normalized spacial score (nSPS) is 22.1. The van der Waals surface area contributed by atoms with E-state index >= 15 is 0 Å². The summed E-state index contributed by atoms with van der Waals surface area (Å²) in [5.41, 5.74) is 3.59. The molecular formula is C15H21NO. The van der Waals surface area contributed by atoms with Gasteiger partial charge in [-0.25, -0.2) is 0 Å². The fourth-order valence-electron chi connectivity index (χ4n) is 3.18. The number of hydrogen-bond acceptors (Lipinski definition) is 2. The molecule has 0 aliphatic carbocycles. The zero-order valence-corrected chi connectivity index (χ0v) is 11.2. The monoisotopic (exact) mass is 231 g/mol. The lowest BCUT2D eigenvalue weighted by Crippen LogP contribution is -2.48. The third-order valence-corrected chi connectivity index (χ3v) is 3.86. The minimum atomic E-state index is 0.198. The molecule has 0 bridgehead atoms. The molecule has 1 heterocycles. The highest BCUT2D eigenvalue weighted by atomic mass is 16.1. The predicted molar refractivity (Wildman–Crippen MR) is 72.0 cm³/mol. The fourth-order valence-corrected chi connectivity index (χ4v) is 3.18. The maximum Gasteiger partial charge on any atom is 0.150 e. The maximum atomic E-state index is 10.9. The minimum absolute atomic E-state index is 0.198. The number of anilines is 1. The lowest BCUT2D eigenvalue weighted by Gasteiger charge is -2.47. The predicted octanol–water partition coefficient (Wildman–Crippen LogP) is 3.61. The summed E-state index contributed by atoms with van der Waals surface area (Å²) in [6.07, 6.45) is 2.07. The molecule has 0 spiro atoms. The van der Waals surface area contributed by atoms with Crippen LogP contribution in [0.25, 0.3) is 0 Å². The molecule has 1 atom stereocenters. The second-order valence-electron chi connectivity index (χ2n) is 5.60. The number of rotatable bonds is 2. The quantitative estimate of drug-likeness (QED) is 0.725. The molecule has 0 saturated carbocycles. The molecule has 1 aliphatic rings. The van der Waals surface area contributed by atoms with Gasteiger partial charge in [0.05, 0.1) is 0 Å². The molecule has 0 aromatic heterocycles. The topological polar surface area (TPSA) is 20.3 Å². The smallest absolute Gasteiger partial charge is 0.150 e. The highest BCUT2D eigenvalue weighted by Gasteiger charge is 2.35. The van der Waals surface area contributed by atoms with Gasteiger partial charge in [0.2, 0.25) is 0 Å². The average Bonchev–Trinajstić information content (AvgIpc) is 2.28. The summed E-state index contributed by atoms with van der Waals surface area (Å²) in [6, 6.07) is 6.06. The molecule has 0 unspecified atom stereocenters. The number of benzene rings is 1. The SMILES string of the molecule is CCN1c2ccc(C=O)cc2[C@@H](C)CC1(C)C. The molecule has 0 saturated heterocycles. The van der Waals surface area contributed by atoms with Crippen LogP contribution >= 0.6 is 0 Å². The van der Waals surface area contributed by atoms with E-state index < -0.39 is 0 Å². The van der Waals surface area contributed by atoms with Crippen LogP contribution in [-0.2, 0) is 0 Å². The number of carbonyl (C=O) groups excluding carboxylic acids is 1. The molecule has 17 heavy (non-hydrogen) atoms. The van der Waals surface area contributed by atoms with E-state index in [-0.39, 0.29) is 5.54 Å². The van der Waals surface area contributed by atoms with Crippen LogP contribution in [0.3, 0.4) is 0 Å². The van der Waals surface area contributed by atoms with Gasteiger partial charge < -0.3 is 4.90 Å². The first kappa shape index (κ1) is 12.2. The summed E-state index contributed by atoms with van der Waals surface area (Å²) < 4.78 is 0. The van der Waals surface area contributed by atoms with E-state index in [2.05, 4.69) is 38.7 Å². The van der Waals surface area contributed by atoms with Crippen molar-refractivity contribution in [2.75, 3.05) is 11.4 Å². The van der Waals surface area contributed by atoms with Gasteiger partial charge in [-0.3, -0.25) is 4.79 Å². The van der Waals surface area contributed by atoms with Gasteiger partial charge in [0.15, 0.2) is 0 Å². The lowest BCUT2D eigenvalue weighted by molar-refractivity contribution is 0.112. The van der Waals surface area contributed by atoms with Crippen molar-refractivity contribution in [2.24, 2.45) is 0 Å². The van der Waals surface area contributed by atoms with Crippen LogP contribution in [0, 0.1) is 0 Å². The van der Waals surface area contributed by atoms with E-state index in [1.165, 1.54) is 11.3 Å². The number of aldehydes is 1. The molecule has 92 valence electrons. The van der Waals surface area contributed by atoms with Crippen molar-refractivity contribution in [3.05, 3.63) is 29.3 Å². The van der Waals surface area contributed by atoms with E-state index in [1.54, 1.807) is 0 Å². The zero-order chi connectivity index (χ0) is 12.6. The molecule has 2 nitrogen and oxygen atoms in total. The molecule has 2 rings (SSSR count). The largest absolute Gasteiger partial charge is 0.366 e. The van der Waals surface area contributed by atoms with Crippen molar-refractivity contribution in [3.8, 4) is 0 Å². The van der Waals surface area contributed by atoms with Crippen LogP contribution in [-0.4, -0.2) is 18.4 Å². The van der Waals surface area contributed by atoms with Crippen molar-refractivity contribution < 1.29 is 4.79 Å². The first-order chi connectivity index (χ1) is 7.99. The highest BCUT2D eigenvalue weighted by molar-refractivity contribution is 5.77. The van der Waals surface area contributed by atoms with Crippen molar-refractivity contribution in [3.63, 3.8) is 0 Å². The van der Waals surface area contributed by atoms with Crippen molar-refractivity contribution in [1.82, 2.24) is 0 Å². The highest BCUT2D eigenvalue weighted by Crippen LogP contribution is 2.43. The van der Waals surface area contributed by atoms with Crippen LogP contribution in [0.4, 0.5) is 5.69 Å². The fraction of sp³-hybridized carbons (Fsp3) is 0.533. The van der Waals surface area contributed by atoms with E-state index in [9.17, 15) is 4.79 Å². The molecule has 1 aromatic rings. The van der Waals surface area contributed by atoms with Crippen molar-refractivity contribution in [2.45, 2.75) is 45.6 Å². The molecule has 1 aliphatic heterocycles. The first-order valence-corrected chi connectivity index (χ1v) is 6.36. The van der Waals surface area contributed by atoms with Gasteiger partial charge in [-0.2, -0.15) is 0 Å². The van der Waals surface area contributed by atoms with Gasteiger partial charge in [-0.1, -0.05) is 6.92 Å². The molecule has 2 heteroatoms. The van der Waals surface area contributed by atoms with Crippen LogP contribution in [0.5, 0.6) is 0 Å². The molecule has 0 radical (unpaired) electrons. The zero-order valence-electron chi connectivity index (χ0n) is 11.2. The molecule has 0 N–H and O–H groups in total. The third-order valence-electron chi connectivity index (χ3n) is 3.86. The Labute approximate surface area is 104 Å². The van der Waals surface area contributed by atoms with Gasteiger partial charge in [-0.15, -0.1) is 0 Å². The minimum Gasteiger partial charge on any atom is -0.366 e. The molecule has 1 aromatic carbocycles. The van der Waals surface area contributed by atoms with E-state index in [4.69, 9.17) is 0 Å². The van der Waals surface area contributed by atoms with Crippen LogP contribution in [0.15, 0.2) is 18.2 Å². The standard InChI is InChI=1S/C15H21NO/c1-5-16-14-7-6-12(10-17)8-13(14)11(2)9-15(16,3)4/h6-8,10-11H,5,9H2,1-4H3/t11-/m0/s1. The number of carbonyl (C=O) groups is 1. The van der Waals surface area contributed by atoms with Gasteiger partial charge >= 0.3 is 0 Å². The Balaban J connectivity index is 2.55. The summed E-state index contributed by atoms with van der Waals surface area (Å²) in [5, 5.41) is 0. The summed E-state index contributed by atoms with van der Waals surface area (Å²) in [6.45, 7) is 10.0. The van der Waals surface area contributed by atoms with Crippen LogP contribution < -0.4 is 4.90 Å². The molecule has 0 amide bonds. The van der Waals surface area contributed by atoms with Crippen LogP contribution in [0.1, 0.15) is 56.0 Å². The van der Waals surface area contributed by atoms with Gasteiger partial charge in [-0.05, 0) is 56.9 Å². The second-order valence-corrected chi connectivity index (χ2v) is 5.60. The van der Waals surface area contributed by atoms with Gasteiger partial charge in [0.25, 0.3) is 0 Å². The Kier molecular flexibility index (Phi) is 2.98. The van der Waals surface area contributed by atoms with E-state index in [0.29, 0.717) is 5.92 Å². The summed E-state index contributed by atoms with van der Waals surface area (Å²) in [4.78, 5) is 13.3. The van der Waals surface area contributed by atoms with Gasteiger partial charge in [0.1, 0.15) is 6.29 Å². The Morgan fingerprint density at radius 1 is 1.47 bits per heavy atom. The number of fused-ring (bicyclic) bond motifs is 1. The Morgan fingerprint density at radius 2 is 2.18 bits per heavy atom. The number of hydrogen-bond donors (Lipinski definition) is 0. The Morgan fingerprint density at radius 3 is 2.76 bits per heavy atom. The maximum absolute atomic E-state index is 10.9. The van der Waals surface area contributed by atoms with E-state index in [0.717, 1.165) is 24.8 Å². The first-order valence-electron chi connectivity index (χ1n) is 6.36. The van der Waals surface area contributed by atoms with Crippen LogP contribution in [0.2, 0.25) is 0 Å². The second kappa shape index (κ2) is 4.17. The lowest BCUT2D eigenvalue weighted by atomic mass is 9.79.